The van der Waals surface area contributed by atoms with Crippen LogP contribution in [-0.4, -0.2) is 31.1 Å². The summed E-state index contributed by atoms with van der Waals surface area (Å²) in [6.45, 7) is 5.78. The Morgan fingerprint density at radius 1 is 1.11 bits per heavy atom. The fourth-order valence-corrected chi connectivity index (χ4v) is 2.32. The normalized spacial score (nSPS) is 23.1. The van der Waals surface area contributed by atoms with E-state index in [2.05, 4.69) is 55.8 Å². The Hall–Kier alpha value is -1.33. The molecule has 1 heterocycles. The van der Waals surface area contributed by atoms with Crippen LogP contribution in [0.4, 0.5) is 17.3 Å². The molecule has 0 radical (unpaired) electrons. The first-order valence-electron chi connectivity index (χ1n) is 6.12. The van der Waals surface area contributed by atoms with Gasteiger partial charge in [-0.2, -0.15) is 0 Å². The molecule has 0 N–H and O–H groups in total. The number of nitrogens with zero attached hydrogens (tertiary/aromatic N) is 1. The number of hydrogen-bond acceptors (Lipinski definition) is 0. The SMILES string of the molecule is CC1=[N+](C)CCC1(C)c1ccccc1.F[B-](F)(F)F. The summed E-state index contributed by atoms with van der Waals surface area (Å²) in [6, 6.07) is 10.8. The van der Waals surface area contributed by atoms with Crippen molar-refractivity contribution in [3.05, 3.63) is 35.9 Å². The van der Waals surface area contributed by atoms with Crippen LogP contribution in [-0.2, 0) is 5.41 Å². The minimum absolute atomic E-state index is 0.260. The zero-order valence-corrected chi connectivity index (χ0v) is 11.3. The summed E-state index contributed by atoms with van der Waals surface area (Å²) in [7, 11) is -3.82. The van der Waals surface area contributed by atoms with E-state index >= 15 is 0 Å². The molecule has 0 bridgehead atoms. The van der Waals surface area contributed by atoms with Crippen molar-refractivity contribution in [3.8, 4) is 0 Å². The number of hydrogen-bond donors (Lipinski definition) is 0. The van der Waals surface area contributed by atoms with Crippen molar-refractivity contribution in [2.24, 2.45) is 0 Å². The van der Waals surface area contributed by atoms with Crippen molar-refractivity contribution < 1.29 is 21.8 Å². The molecular formula is C13H18BF4N. The molecule has 0 saturated carbocycles. The fraction of sp³-hybridized carbons (Fsp3) is 0.462. The Bertz CT molecular complexity index is 449. The van der Waals surface area contributed by atoms with Gasteiger partial charge in [-0.05, 0) is 12.5 Å². The maximum atomic E-state index is 9.75. The average molecular weight is 275 g/mol. The van der Waals surface area contributed by atoms with Crippen LogP contribution in [0.5, 0.6) is 0 Å². The predicted octanol–water partition coefficient (Wildman–Crippen LogP) is 3.75. The van der Waals surface area contributed by atoms with Crippen LogP contribution in [0.2, 0.25) is 0 Å². The maximum Gasteiger partial charge on any atom is 0.673 e. The van der Waals surface area contributed by atoms with Gasteiger partial charge < -0.3 is 17.3 Å². The number of halogens is 4. The third kappa shape index (κ3) is 4.37. The molecular weight excluding hydrogens is 257 g/mol. The van der Waals surface area contributed by atoms with Gasteiger partial charge in [0.25, 0.3) is 0 Å². The van der Waals surface area contributed by atoms with Crippen LogP contribution in [0.1, 0.15) is 25.8 Å². The Labute approximate surface area is 111 Å². The van der Waals surface area contributed by atoms with Crippen LogP contribution in [0.3, 0.4) is 0 Å². The standard InChI is InChI=1S/C13H18N.BF4/c1-11-13(2,9-10-14(11)3)12-7-5-4-6-8-12;2-1(3,4)5/h4-8H,9-10H2,1-3H3;/q+1;-1. The summed E-state index contributed by atoms with van der Waals surface area (Å²) >= 11 is 0. The van der Waals surface area contributed by atoms with Crippen molar-refractivity contribution in [2.45, 2.75) is 25.7 Å². The minimum atomic E-state index is -6.00. The molecule has 0 fully saturated rings. The zero-order chi connectivity index (χ0) is 14.7. The van der Waals surface area contributed by atoms with Gasteiger partial charge in [0.15, 0.2) is 5.71 Å². The van der Waals surface area contributed by atoms with Crippen LogP contribution < -0.4 is 0 Å². The molecule has 0 aromatic heterocycles. The highest BCUT2D eigenvalue weighted by Crippen LogP contribution is 2.32. The molecule has 1 aliphatic heterocycles. The molecule has 106 valence electrons. The highest BCUT2D eigenvalue weighted by atomic mass is 19.5. The topological polar surface area (TPSA) is 3.01 Å². The molecule has 1 atom stereocenters. The van der Waals surface area contributed by atoms with Gasteiger partial charge in [0.05, 0.1) is 5.41 Å². The largest absolute Gasteiger partial charge is 0.673 e. The monoisotopic (exact) mass is 275 g/mol. The molecule has 19 heavy (non-hydrogen) atoms. The van der Waals surface area contributed by atoms with Crippen LogP contribution in [0.15, 0.2) is 30.3 Å². The van der Waals surface area contributed by atoms with Crippen LogP contribution in [0.25, 0.3) is 0 Å². The smallest absolute Gasteiger partial charge is 0.418 e. The van der Waals surface area contributed by atoms with Gasteiger partial charge in [-0.3, -0.25) is 0 Å². The van der Waals surface area contributed by atoms with Gasteiger partial charge in [0, 0.05) is 13.3 Å². The lowest BCUT2D eigenvalue weighted by Crippen LogP contribution is -2.28. The van der Waals surface area contributed by atoms with Crippen molar-refractivity contribution >= 4 is 13.0 Å². The lowest BCUT2D eigenvalue weighted by Gasteiger charge is -2.20. The molecule has 0 aliphatic carbocycles. The van der Waals surface area contributed by atoms with Crippen molar-refractivity contribution in [3.63, 3.8) is 0 Å². The van der Waals surface area contributed by atoms with E-state index in [4.69, 9.17) is 0 Å². The molecule has 1 aromatic carbocycles. The molecule has 1 unspecified atom stereocenters. The van der Waals surface area contributed by atoms with E-state index in [1.54, 1.807) is 0 Å². The van der Waals surface area contributed by atoms with Gasteiger partial charge in [0.2, 0.25) is 0 Å². The third-order valence-corrected chi connectivity index (χ3v) is 3.73. The van der Waals surface area contributed by atoms with E-state index < -0.39 is 7.25 Å². The average Bonchev–Trinajstić information content (AvgIpc) is 2.58. The summed E-state index contributed by atoms with van der Waals surface area (Å²) in [5.41, 5.74) is 3.20. The van der Waals surface area contributed by atoms with Gasteiger partial charge in [-0.15, -0.1) is 0 Å². The second-order valence-corrected chi connectivity index (χ2v) is 4.95. The maximum absolute atomic E-state index is 9.75. The Balaban J connectivity index is 0.000000312. The lowest BCUT2D eigenvalue weighted by molar-refractivity contribution is -0.489. The summed E-state index contributed by atoms with van der Waals surface area (Å²) in [5.74, 6) is 0. The Morgan fingerprint density at radius 3 is 1.95 bits per heavy atom. The molecule has 6 heteroatoms. The first kappa shape index (κ1) is 15.7. The molecule has 0 saturated heterocycles. The summed E-state index contributed by atoms with van der Waals surface area (Å²) < 4.78 is 41.4. The summed E-state index contributed by atoms with van der Waals surface area (Å²) in [6.07, 6.45) is 1.24. The second kappa shape index (κ2) is 5.76. The van der Waals surface area contributed by atoms with Crippen LogP contribution in [0, 0.1) is 0 Å². The van der Waals surface area contributed by atoms with Crippen molar-refractivity contribution in [2.75, 3.05) is 13.6 Å². The van der Waals surface area contributed by atoms with E-state index in [-0.39, 0.29) is 5.41 Å². The molecule has 1 aromatic rings. The zero-order valence-electron chi connectivity index (χ0n) is 11.3. The fourth-order valence-electron chi connectivity index (χ4n) is 2.32. The van der Waals surface area contributed by atoms with E-state index in [0.29, 0.717) is 0 Å². The molecule has 0 amide bonds. The predicted molar refractivity (Wildman–Crippen MR) is 70.3 cm³/mol. The van der Waals surface area contributed by atoms with Crippen molar-refractivity contribution in [1.29, 1.82) is 0 Å². The lowest BCUT2D eigenvalue weighted by atomic mass is 9.78. The van der Waals surface area contributed by atoms with Crippen molar-refractivity contribution in [1.82, 2.24) is 0 Å². The van der Waals surface area contributed by atoms with Gasteiger partial charge >= 0.3 is 7.25 Å². The van der Waals surface area contributed by atoms with Gasteiger partial charge in [-0.1, -0.05) is 30.3 Å². The highest BCUT2D eigenvalue weighted by molar-refractivity contribution is 6.50. The van der Waals surface area contributed by atoms with Crippen LogP contribution >= 0.6 is 0 Å². The van der Waals surface area contributed by atoms with E-state index in [1.807, 2.05) is 0 Å². The number of rotatable bonds is 1. The van der Waals surface area contributed by atoms with E-state index in [1.165, 1.54) is 24.2 Å². The molecule has 1 aliphatic rings. The second-order valence-electron chi connectivity index (χ2n) is 4.95. The Kier molecular flexibility index (Phi) is 4.77. The minimum Gasteiger partial charge on any atom is -0.418 e. The molecule has 1 nitrogen and oxygen atoms in total. The molecule has 0 spiro atoms. The van der Waals surface area contributed by atoms with E-state index in [9.17, 15) is 17.3 Å². The van der Waals surface area contributed by atoms with Gasteiger partial charge in [0.1, 0.15) is 13.6 Å². The first-order valence-corrected chi connectivity index (χ1v) is 6.12. The third-order valence-electron chi connectivity index (χ3n) is 3.73. The summed E-state index contributed by atoms with van der Waals surface area (Å²) in [5, 5.41) is 0. The van der Waals surface area contributed by atoms with Gasteiger partial charge in [-0.25, -0.2) is 4.58 Å². The molecule has 2 rings (SSSR count). The number of benzene rings is 1. The quantitative estimate of drug-likeness (QED) is 0.417. The summed E-state index contributed by atoms with van der Waals surface area (Å²) in [4.78, 5) is 0. The Morgan fingerprint density at radius 2 is 1.58 bits per heavy atom. The highest BCUT2D eigenvalue weighted by Gasteiger charge is 2.40. The first-order chi connectivity index (χ1) is 8.64. The van der Waals surface area contributed by atoms with E-state index in [0.717, 1.165) is 0 Å².